The SMILES string of the molecule is CCCn1ccnc1-c1nc(Cl)nc(-n2cccn2)n1. The third-order valence-electron chi connectivity index (χ3n) is 2.69. The zero-order chi connectivity index (χ0) is 13.9. The second-order valence-electron chi connectivity index (χ2n) is 4.12. The Morgan fingerprint density at radius 3 is 2.80 bits per heavy atom. The van der Waals surface area contributed by atoms with Crippen molar-refractivity contribution in [2.24, 2.45) is 0 Å². The minimum absolute atomic E-state index is 0.117. The van der Waals surface area contributed by atoms with Gasteiger partial charge in [-0.05, 0) is 24.1 Å². The smallest absolute Gasteiger partial charge is 0.255 e. The maximum Gasteiger partial charge on any atom is 0.255 e. The largest absolute Gasteiger partial charge is 0.328 e. The molecule has 3 aromatic rings. The first kappa shape index (κ1) is 12.7. The Morgan fingerprint density at radius 2 is 2.05 bits per heavy atom. The van der Waals surface area contributed by atoms with Gasteiger partial charge < -0.3 is 4.57 Å². The fraction of sp³-hybridized carbons (Fsp3) is 0.250. The summed E-state index contributed by atoms with van der Waals surface area (Å²) in [5.41, 5.74) is 0. The molecule has 0 aliphatic rings. The van der Waals surface area contributed by atoms with E-state index in [9.17, 15) is 0 Å². The van der Waals surface area contributed by atoms with E-state index >= 15 is 0 Å². The molecule has 8 heteroatoms. The number of nitrogens with zero attached hydrogens (tertiary/aromatic N) is 7. The first-order chi connectivity index (χ1) is 9.78. The topological polar surface area (TPSA) is 74.3 Å². The van der Waals surface area contributed by atoms with Crippen molar-refractivity contribution >= 4 is 11.6 Å². The van der Waals surface area contributed by atoms with Crippen molar-refractivity contribution in [2.75, 3.05) is 0 Å². The van der Waals surface area contributed by atoms with E-state index in [1.165, 1.54) is 4.68 Å². The zero-order valence-corrected chi connectivity index (χ0v) is 11.6. The van der Waals surface area contributed by atoms with E-state index in [2.05, 4.69) is 32.0 Å². The zero-order valence-electron chi connectivity index (χ0n) is 10.8. The predicted molar refractivity (Wildman–Crippen MR) is 73.5 cm³/mol. The van der Waals surface area contributed by atoms with Crippen LogP contribution < -0.4 is 0 Å². The highest BCUT2D eigenvalue weighted by molar-refractivity contribution is 6.28. The molecule has 0 aliphatic carbocycles. The molecule has 0 N–H and O–H groups in total. The van der Waals surface area contributed by atoms with Gasteiger partial charge in [-0.3, -0.25) is 0 Å². The van der Waals surface area contributed by atoms with Gasteiger partial charge in [0.25, 0.3) is 5.95 Å². The average molecular weight is 290 g/mol. The number of imidazole rings is 1. The predicted octanol–water partition coefficient (Wildman–Crippen LogP) is 1.98. The molecule has 0 bridgehead atoms. The van der Waals surface area contributed by atoms with Gasteiger partial charge in [-0.25, -0.2) is 9.67 Å². The molecule has 0 spiro atoms. The van der Waals surface area contributed by atoms with Crippen molar-refractivity contribution in [2.45, 2.75) is 19.9 Å². The molecule has 3 heterocycles. The Morgan fingerprint density at radius 1 is 1.15 bits per heavy atom. The van der Waals surface area contributed by atoms with Crippen molar-refractivity contribution in [1.29, 1.82) is 0 Å². The van der Waals surface area contributed by atoms with Crippen LogP contribution >= 0.6 is 11.6 Å². The Labute approximate surface area is 120 Å². The van der Waals surface area contributed by atoms with Gasteiger partial charge in [-0.15, -0.1) is 0 Å². The van der Waals surface area contributed by atoms with Gasteiger partial charge in [-0.2, -0.15) is 20.1 Å². The van der Waals surface area contributed by atoms with Crippen molar-refractivity contribution in [3.63, 3.8) is 0 Å². The van der Waals surface area contributed by atoms with Crippen molar-refractivity contribution in [1.82, 2.24) is 34.3 Å². The van der Waals surface area contributed by atoms with Crippen LogP contribution in [0.25, 0.3) is 17.6 Å². The van der Waals surface area contributed by atoms with E-state index in [4.69, 9.17) is 11.6 Å². The molecule has 3 aromatic heterocycles. The molecule has 0 fully saturated rings. The number of halogens is 1. The van der Waals surface area contributed by atoms with Gasteiger partial charge >= 0.3 is 0 Å². The Kier molecular flexibility index (Phi) is 3.42. The summed E-state index contributed by atoms with van der Waals surface area (Å²) in [5.74, 6) is 1.48. The summed E-state index contributed by atoms with van der Waals surface area (Å²) >= 11 is 5.97. The fourth-order valence-electron chi connectivity index (χ4n) is 1.87. The van der Waals surface area contributed by atoms with Gasteiger partial charge in [0.15, 0.2) is 5.82 Å². The van der Waals surface area contributed by atoms with E-state index in [0.717, 1.165) is 13.0 Å². The summed E-state index contributed by atoms with van der Waals surface area (Å²) in [6, 6.07) is 1.79. The summed E-state index contributed by atoms with van der Waals surface area (Å²) in [6.07, 6.45) is 8.00. The van der Waals surface area contributed by atoms with Crippen LogP contribution in [0.3, 0.4) is 0 Å². The minimum Gasteiger partial charge on any atom is -0.328 e. The van der Waals surface area contributed by atoms with Gasteiger partial charge in [-0.1, -0.05) is 6.92 Å². The minimum atomic E-state index is 0.117. The normalized spacial score (nSPS) is 10.9. The monoisotopic (exact) mass is 289 g/mol. The third-order valence-corrected chi connectivity index (χ3v) is 2.85. The first-order valence-electron chi connectivity index (χ1n) is 6.21. The molecule has 3 rings (SSSR count). The first-order valence-corrected chi connectivity index (χ1v) is 6.59. The summed E-state index contributed by atoms with van der Waals surface area (Å²) in [5, 5.41) is 4.20. The highest BCUT2D eigenvalue weighted by Crippen LogP contribution is 2.16. The molecule has 0 atom stereocenters. The maximum atomic E-state index is 5.97. The van der Waals surface area contributed by atoms with E-state index in [1.54, 1.807) is 24.7 Å². The highest BCUT2D eigenvalue weighted by Gasteiger charge is 2.13. The Balaban J connectivity index is 2.08. The van der Waals surface area contributed by atoms with Gasteiger partial charge in [0.1, 0.15) is 0 Å². The molecule has 0 amide bonds. The van der Waals surface area contributed by atoms with E-state index in [0.29, 0.717) is 17.6 Å². The Bertz CT molecular complexity index is 704. The number of aromatic nitrogens is 7. The van der Waals surface area contributed by atoms with Crippen LogP contribution in [-0.4, -0.2) is 34.3 Å². The molecule has 7 nitrogen and oxygen atoms in total. The lowest BCUT2D eigenvalue weighted by atomic mass is 10.4. The quantitative estimate of drug-likeness (QED) is 0.734. The molecule has 0 unspecified atom stereocenters. The van der Waals surface area contributed by atoms with Crippen molar-refractivity contribution in [3.05, 3.63) is 36.1 Å². The lowest BCUT2D eigenvalue weighted by Gasteiger charge is -2.06. The molecule has 102 valence electrons. The van der Waals surface area contributed by atoms with Crippen molar-refractivity contribution in [3.8, 4) is 17.6 Å². The molecule has 0 aromatic carbocycles. The molecule has 0 saturated carbocycles. The number of rotatable bonds is 4. The van der Waals surface area contributed by atoms with Gasteiger partial charge in [0, 0.05) is 31.3 Å². The molecular formula is C12H12ClN7. The number of hydrogen-bond acceptors (Lipinski definition) is 5. The summed E-state index contributed by atoms with van der Waals surface area (Å²) < 4.78 is 3.52. The van der Waals surface area contributed by atoms with Crippen LogP contribution in [0, 0.1) is 0 Å². The lowest BCUT2D eigenvalue weighted by Crippen LogP contribution is -2.08. The fourth-order valence-corrected chi connectivity index (χ4v) is 2.02. The molecule has 0 saturated heterocycles. The van der Waals surface area contributed by atoms with Crippen LogP contribution in [0.1, 0.15) is 13.3 Å². The van der Waals surface area contributed by atoms with Crippen LogP contribution in [0.2, 0.25) is 5.28 Å². The summed E-state index contributed by atoms with van der Waals surface area (Å²) in [6.45, 7) is 2.94. The van der Waals surface area contributed by atoms with Crippen molar-refractivity contribution < 1.29 is 0 Å². The lowest BCUT2D eigenvalue weighted by molar-refractivity contribution is 0.680. The van der Waals surface area contributed by atoms with E-state index < -0.39 is 0 Å². The summed E-state index contributed by atoms with van der Waals surface area (Å²) in [4.78, 5) is 16.9. The molecule has 20 heavy (non-hydrogen) atoms. The average Bonchev–Trinajstić information content (AvgIpc) is 3.09. The Hall–Kier alpha value is -2.28. The van der Waals surface area contributed by atoms with Crippen LogP contribution in [0.15, 0.2) is 30.9 Å². The standard InChI is InChI=1S/C12H12ClN7/c1-2-6-19-8-5-14-10(19)9-16-11(13)18-12(17-9)20-7-3-4-15-20/h3-5,7-8H,2,6H2,1H3. The molecule has 0 radical (unpaired) electrons. The van der Waals surface area contributed by atoms with Crippen LogP contribution in [0.4, 0.5) is 0 Å². The second-order valence-corrected chi connectivity index (χ2v) is 4.46. The van der Waals surface area contributed by atoms with E-state index in [-0.39, 0.29) is 5.28 Å². The van der Waals surface area contributed by atoms with Gasteiger partial charge in [0.05, 0.1) is 0 Å². The molecule has 0 aliphatic heterocycles. The van der Waals surface area contributed by atoms with Gasteiger partial charge in [0.2, 0.25) is 11.1 Å². The maximum absolute atomic E-state index is 5.97. The third kappa shape index (κ3) is 2.39. The number of aryl methyl sites for hydroxylation is 1. The van der Waals surface area contributed by atoms with E-state index in [1.807, 2.05) is 10.8 Å². The molecular weight excluding hydrogens is 278 g/mol. The van der Waals surface area contributed by atoms with Crippen LogP contribution in [-0.2, 0) is 6.54 Å². The second kappa shape index (κ2) is 5.38. The summed E-state index contributed by atoms with van der Waals surface area (Å²) in [7, 11) is 0. The van der Waals surface area contributed by atoms with Crippen LogP contribution in [0.5, 0.6) is 0 Å². The number of hydrogen-bond donors (Lipinski definition) is 0. The highest BCUT2D eigenvalue weighted by atomic mass is 35.5.